The second-order valence-corrected chi connectivity index (χ2v) is 4.62. The van der Waals surface area contributed by atoms with E-state index in [4.69, 9.17) is 21.9 Å². The molecule has 0 bridgehead atoms. The van der Waals surface area contributed by atoms with Crippen LogP contribution < -0.4 is 5.73 Å². The van der Waals surface area contributed by atoms with Gasteiger partial charge < -0.3 is 10.3 Å². The van der Waals surface area contributed by atoms with Gasteiger partial charge in [0.15, 0.2) is 5.13 Å². The Balaban J connectivity index is 2.02. The molecule has 3 aromatic heterocycles. The van der Waals surface area contributed by atoms with Gasteiger partial charge in [-0.2, -0.15) is 4.98 Å². The summed E-state index contributed by atoms with van der Waals surface area (Å²) in [6.07, 6.45) is 1.61. The minimum atomic E-state index is 0.291. The monoisotopic (exact) mass is 279 g/mol. The Labute approximate surface area is 110 Å². The average molecular weight is 280 g/mol. The molecule has 6 nitrogen and oxygen atoms in total. The molecule has 0 aliphatic rings. The third-order valence-corrected chi connectivity index (χ3v) is 3.12. The lowest BCUT2D eigenvalue weighted by molar-refractivity contribution is 0.431. The predicted molar refractivity (Wildman–Crippen MR) is 68.1 cm³/mol. The molecule has 0 amide bonds. The third kappa shape index (κ3) is 1.93. The molecule has 0 aliphatic carbocycles. The van der Waals surface area contributed by atoms with Gasteiger partial charge in [-0.15, -0.1) is 11.3 Å². The van der Waals surface area contributed by atoms with Crippen LogP contribution in [0.2, 0.25) is 5.02 Å². The van der Waals surface area contributed by atoms with Crippen molar-refractivity contribution < 1.29 is 4.52 Å². The van der Waals surface area contributed by atoms with Gasteiger partial charge in [-0.3, -0.25) is 4.98 Å². The Morgan fingerprint density at radius 1 is 1.33 bits per heavy atom. The molecule has 0 aromatic carbocycles. The first-order valence-corrected chi connectivity index (χ1v) is 6.16. The van der Waals surface area contributed by atoms with Crippen molar-refractivity contribution in [1.82, 2.24) is 20.1 Å². The molecule has 18 heavy (non-hydrogen) atoms. The normalized spacial score (nSPS) is 10.7. The van der Waals surface area contributed by atoms with Gasteiger partial charge in [0.05, 0.1) is 5.02 Å². The smallest absolute Gasteiger partial charge is 0.277 e. The van der Waals surface area contributed by atoms with Crippen molar-refractivity contribution in [2.75, 3.05) is 5.73 Å². The standard InChI is InChI=1S/C10H6ClN5OS/c11-5-2-1-3-13-7(5)8-15-9(17-16-8)6-4-18-10(12)14-6/h1-4H,(H2,12,14). The van der Waals surface area contributed by atoms with Gasteiger partial charge in [-0.05, 0) is 12.1 Å². The van der Waals surface area contributed by atoms with Crippen LogP contribution in [0.25, 0.3) is 23.1 Å². The van der Waals surface area contributed by atoms with E-state index in [1.165, 1.54) is 11.3 Å². The van der Waals surface area contributed by atoms with Crippen LogP contribution in [0.4, 0.5) is 5.13 Å². The SMILES string of the molecule is Nc1nc(-c2nc(-c3ncccc3Cl)no2)cs1. The first-order chi connectivity index (χ1) is 8.74. The van der Waals surface area contributed by atoms with E-state index in [-0.39, 0.29) is 0 Å². The van der Waals surface area contributed by atoms with Crippen LogP contribution in [0, 0.1) is 0 Å². The molecule has 0 aliphatic heterocycles. The van der Waals surface area contributed by atoms with Gasteiger partial charge in [0.25, 0.3) is 5.89 Å². The largest absolute Gasteiger partial charge is 0.375 e. The molecule has 90 valence electrons. The quantitative estimate of drug-likeness (QED) is 0.775. The molecule has 0 saturated heterocycles. The fourth-order valence-electron chi connectivity index (χ4n) is 1.36. The van der Waals surface area contributed by atoms with Crippen molar-refractivity contribution >= 4 is 28.1 Å². The molecular weight excluding hydrogens is 274 g/mol. The van der Waals surface area contributed by atoms with E-state index >= 15 is 0 Å². The van der Waals surface area contributed by atoms with Gasteiger partial charge in [-0.25, -0.2) is 4.98 Å². The number of anilines is 1. The first-order valence-electron chi connectivity index (χ1n) is 4.90. The van der Waals surface area contributed by atoms with Crippen molar-refractivity contribution in [2.45, 2.75) is 0 Å². The van der Waals surface area contributed by atoms with Gasteiger partial charge in [0.2, 0.25) is 5.82 Å². The van der Waals surface area contributed by atoms with Crippen LogP contribution in [0.3, 0.4) is 0 Å². The number of thiazole rings is 1. The summed E-state index contributed by atoms with van der Waals surface area (Å²) in [5.41, 5.74) is 6.56. The molecule has 2 N–H and O–H groups in total. The summed E-state index contributed by atoms with van der Waals surface area (Å²) in [4.78, 5) is 12.3. The second kappa shape index (κ2) is 4.35. The van der Waals surface area contributed by atoms with Crippen molar-refractivity contribution in [1.29, 1.82) is 0 Å². The van der Waals surface area contributed by atoms with E-state index in [1.807, 2.05) is 0 Å². The molecule has 3 rings (SSSR count). The van der Waals surface area contributed by atoms with E-state index in [0.717, 1.165) is 0 Å². The zero-order chi connectivity index (χ0) is 12.5. The molecular formula is C10H6ClN5OS. The molecule has 0 radical (unpaired) electrons. The van der Waals surface area contributed by atoms with Gasteiger partial charge in [-0.1, -0.05) is 16.8 Å². The Kier molecular flexibility index (Phi) is 2.69. The van der Waals surface area contributed by atoms with Crippen molar-refractivity contribution in [3.8, 4) is 23.1 Å². The summed E-state index contributed by atoms with van der Waals surface area (Å²) in [6.45, 7) is 0. The van der Waals surface area contributed by atoms with E-state index in [9.17, 15) is 0 Å². The fourth-order valence-corrected chi connectivity index (χ4v) is 2.10. The number of nitrogen functional groups attached to an aromatic ring is 1. The van der Waals surface area contributed by atoms with Crippen LogP contribution in [-0.4, -0.2) is 20.1 Å². The van der Waals surface area contributed by atoms with Crippen LogP contribution in [-0.2, 0) is 0 Å². The Bertz CT molecular complexity index is 695. The summed E-state index contributed by atoms with van der Waals surface area (Å²) in [5, 5.41) is 6.47. The molecule has 0 atom stereocenters. The maximum Gasteiger partial charge on any atom is 0.277 e. The maximum atomic E-state index is 6.00. The van der Waals surface area contributed by atoms with Crippen molar-refractivity contribution in [3.63, 3.8) is 0 Å². The summed E-state index contributed by atoms with van der Waals surface area (Å²) in [7, 11) is 0. The lowest BCUT2D eigenvalue weighted by Crippen LogP contribution is -1.87. The van der Waals surface area contributed by atoms with Gasteiger partial charge in [0.1, 0.15) is 11.4 Å². The summed E-state index contributed by atoms with van der Waals surface area (Å²) >= 11 is 7.31. The highest BCUT2D eigenvalue weighted by Gasteiger charge is 2.15. The van der Waals surface area contributed by atoms with E-state index in [2.05, 4.69) is 20.1 Å². The Hall–Kier alpha value is -1.99. The minimum Gasteiger partial charge on any atom is -0.375 e. The van der Waals surface area contributed by atoms with Crippen molar-refractivity contribution in [2.24, 2.45) is 0 Å². The molecule has 0 fully saturated rings. The van der Waals surface area contributed by atoms with Crippen LogP contribution in [0.5, 0.6) is 0 Å². The Morgan fingerprint density at radius 3 is 2.94 bits per heavy atom. The number of aromatic nitrogens is 4. The lowest BCUT2D eigenvalue weighted by Gasteiger charge is -1.94. The van der Waals surface area contributed by atoms with Crippen LogP contribution >= 0.6 is 22.9 Å². The number of halogens is 1. The maximum absolute atomic E-state index is 6.00. The molecule has 3 heterocycles. The number of nitrogens with zero attached hydrogens (tertiary/aromatic N) is 4. The fraction of sp³-hybridized carbons (Fsp3) is 0. The molecule has 0 spiro atoms. The van der Waals surface area contributed by atoms with Crippen LogP contribution in [0.15, 0.2) is 28.2 Å². The van der Waals surface area contributed by atoms with Gasteiger partial charge >= 0.3 is 0 Å². The molecule has 0 saturated carbocycles. The lowest BCUT2D eigenvalue weighted by atomic mass is 10.3. The van der Waals surface area contributed by atoms with Gasteiger partial charge in [0, 0.05) is 11.6 Å². The van der Waals surface area contributed by atoms with E-state index in [1.54, 1.807) is 23.7 Å². The third-order valence-electron chi connectivity index (χ3n) is 2.14. The number of pyridine rings is 1. The zero-order valence-electron chi connectivity index (χ0n) is 8.87. The average Bonchev–Trinajstić information content (AvgIpc) is 2.98. The van der Waals surface area contributed by atoms with E-state index < -0.39 is 0 Å². The molecule has 8 heteroatoms. The highest BCUT2D eigenvalue weighted by atomic mass is 35.5. The first kappa shape index (κ1) is 11.1. The molecule has 0 unspecified atom stereocenters. The Morgan fingerprint density at radius 2 is 2.22 bits per heavy atom. The number of hydrogen-bond acceptors (Lipinski definition) is 7. The second-order valence-electron chi connectivity index (χ2n) is 3.33. The minimum absolute atomic E-state index is 0.291. The van der Waals surface area contributed by atoms with Crippen LogP contribution in [0.1, 0.15) is 0 Å². The highest BCUT2D eigenvalue weighted by Crippen LogP contribution is 2.26. The van der Waals surface area contributed by atoms with E-state index in [0.29, 0.717) is 33.3 Å². The topological polar surface area (TPSA) is 90.7 Å². The number of rotatable bonds is 2. The summed E-state index contributed by atoms with van der Waals surface area (Å²) < 4.78 is 5.10. The molecule has 3 aromatic rings. The number of nitrogens with two attached hydrogens (primary N) is 1. The zero-order valence-corrected chi connectivity index (χ0v) is 10.4. The number of hydrogen-bond donors (Lipinski definition) is 1. The summed E-state index contributed by atoms with van der Waals surface area (Å²) in [5.74, 6) is 0.613. The highest BCUT2D eigenvalue weighted by molar-refractivity contribution is 7.13. The predicted octanol–water partition coefficient (Wildman–Crippen LogP) is 2.49. The summed E-state index contributed by atoms with van der Waals surface area (Å²) in [6, 6.07) is 3.44. The van der Waals surface area contributed by atoms with Crippen molar-refractivity contribution in [3.05, 3.63) is 28.7 Å².